The highest BCUT2D eigenvalue weighted by molar-refractivity contribution is 5.94. The number of aromatic nitrogens is 2. The van der Waals surface area contributed by atoms with Crippen LogP contribution >= 0.6 is 0 Å². The number of nitrogens with one attached hydrogen (secondary N) is 1. The van der Waals surface area contributed by atoms with Crippen LogP contribution in [-0.4, -0.2) is 39.8 Å². The molecule has 3 aromatic rings. The number of ether oxygens (including phenoxy) is 1. The third-order valence-corrected chi connectivity index (χ3v) is 5.29. The van der Waals surface area contributed by atoms with E-state index in [9.17, 15) is 9.59 Å². The fraction of sp³-hybridized carbons (Fsp3) is 0.250. The second-order valence-electron chi connectivity index (χ2n) is 7.44. The fourth-order valence-electron chi connectivity index (χ4n) is 3.58. The van der Waals surface area contributed by atoms with Crippen molar-refractivity contribution in [3.63, 3.8) is 0 Å². The van der Waals surface area contributed by atoms with Crippen molar-refractivity contribution in [1.29, 1.82) is 0 Å². The van der Waals surface area contributed by atoms with Crippen molar-refractivity contribution in [3.05, 3.63) is 84.3 Å². The van der Waals surface area contributed by atoms with E-state index in [-0.39, 0.29) is 17.7 Å². The van der Waals surface area contributed by atoms with Crippen molar-refractivity contribution in [3.8, 4) is 11.6 Å². The van der Waals surface area contributed by atoms with Gasteiger partial charge in [-0.2, -0.15) is 0 Å². The molecule has 0 saturated carbocycles. The minimum atomic E-state index is -0.0974. The van der Waals surface area contributed by atoms with Crippen LogP contribution in [0.15, 0.2) is 73.2 Å². The highest BCUT2D eigenvalue weighted by Gasteiger charge is 2.27. The summed E-state index contributed by atoms with van der Waals surface area (Å²) in [5, 5.41) is 3.00. The van der Waals surface area contributed by atoms with E-state index in [0.29, 0.717) is 49.7 Å². The zero-order chi connectivity index (χ0) is 21.5. The number of amides is 2. The van der Waals surface area contributed by atoms with Crippen molar-refractivity contribution in [2.75, 3.05) is 13.1 Å². The molecule has 1 fully saturated rings. The zero-order valence-corrected chi connectivity index (χ0v) is 17.1. The van der Waals surface area contributed by atoms with Gasteiger partial charge in [0.25, 0.3) is 5.91 Å². The summed E-state index contributed by atoms with van der Waals surface area (Å²) >= 11 is 0. The first kappa shape index (κ1) is 20.5. The Morgan fingerprint density at radius 1 is 1.03 bits per heavy atom. The summed E-state index contributed by atoms with van der Waals surface area (Å²) in [6.45, 7) is 1.54. The lowest BCUT2D eigenvalue weighted by atomic mass is 9.95. The molecule has 0 bridgehead atoms. The summed E-state index contributed by atoms with van der Waals surface area (Å²) in [4.78, 5) is 35.2. The van der Waals surface area contributed by atoms with Crippen molar-refractivity contribution in [1.82, 2.24) is 20.2 Å². The standard InChI is InChI=1S/C24H24N4O3/c29-23(19-9-13-28(14-10-19)24(30)20-5-4-11-25-17-20)27-16-18-8-12-26-22(15-18)31-21-6-2-1-3-7-21/h1-8,11-12,15,17,19H,9-10,13-14,16H2,(H,27,29). The molecule has 0 unspecified atom stereocenters. The minimum absolute atomic E-state index is 0.0100. The molecule has 0 spiro atoms. The Morgan fingerprint density at radius 3 is 2.58 bits per heavy atom. The van der Waals surface area contributed by atoms with Crippen LogP contribution in [0.1, 0.15) is 28.8 Å². The summed E-state index contributed by atoms with van der Waals surface area (Å²) in [5.41, 5.74) is 1.50. The Kier molecular flexibility index (Phi) is 6.52. The predicted molar refractivity (Wildman–Crippen MR) is 115 cm³/mol. The van der Waals surface area contributed by atoms with E-state index in [1.54, 1.807) is 35.6 Å². The van der Waals surface area contributed by atoms with Crippen molar-refractivity contribution in [2.45, 2.75) is 19.4 Å². The smallest absolute Gasteiger partial charge is 0.255 e. The summed E-state index contributed by atoms with van der Waals surface area (Å²) in [5.74, 6) is 1.08. The van der Waals surface area contributed by atoms with Gasteiger partial charge in [0.2, 0.25) is 11.8 Å². The summed E-state index contributed by atoms with van der Waals surface area (Å²) in [6.07, 6.45) is 6.19. The summed E-state index contributed by atoms with van der Waals surface area (Å²) in [7, 11) is 0. The number of nitrogens with zero attached hydrogens (tertiary/aromatic N) is 3. The Bertz CT molecular complexity index is 1020. The molecule has 1 aromatic carbocycles. The third kappa shape index (κ3) is 5.45. The van der Waals surface area contributed by atoms with Gasteiger partial charge >= 0.3 is 0 Å². The number of pyridine rings is 2. The molecule has 1 saturated heterocycles. The van der Waals surface area contributed by atoms with Crippen LogP contribution in [0.4, 0.5) is 0 Å². The van der Waals surface area contributed by atoms with Crippen molar-refractivity contribution < 1.29 is 14.3 Å². The van der Waals surface area contributed by atoms with Crippen LogP contribution in [0.3, 0.4) is 0 Å². The van der Waals surface area contributed by atoms with Gasteiger partial charge in [0.1, 0.15) is 5.75 Å². The van der Waals surface area contributed by atoms with Gasteiger partial charge in [-0.15, -0.1) is 0 Å². The number of piperidine rings is 1. The normalized spacial score (nSPS) is 14.1. The van der Waals surface area contributed by atoms with E-state index < -0.39 is 0 Å². The Balaban J connectivity index is 1.26. The monoisotopic (exact) mass is 416 g/mol. The van der Waals surface area contributed by atoms with Crippen LogP contribution in [0, 0.1) is 5.92 Å². The number of carbonyl (C=O) groups excluding carboxylic acids is 2. The second-order valence-corrected chi connectivity index (χ2v) is 7.44. The van der Waals surface area contributed by atoms with Crippen LogP contribution < -0.4 is 10.1 Å². The maximum absolute atomic E-state index is 12.6. The van der Waals surface area contributed by atoms with Gasteiger partial charge in [-0.1, -0.05) is 18.2 Å². The quantitative estimate of drug-likeness (QED) is 0.665. The first-order chi connectivity index (χ1) is 15.2. The lowest BCUT2D eigenvalue weighted by Gasteiger charge is -2.31. The lowest BCUT2D eigenvalue weighted by molar-refractivity contribution is -0.126. The maximum Gasteiger partial charge on any atom is 0.255 e. The average Bonchev–Trinajstić information content (AvgIpc) is 2.83. The zero-order valence-electron chi connectivity index (χ0n) is 17.1. The molecule has 1 N–H and O–H groups in total. The van der Waals surface area contributed by atoms with E-state index >= 15 is 0 Å². The largest absolute Gasteiger partial charge is 0.439 e. The summed E-state index contributed by atoms with van der Waals surface area (Å²) < 4.78 is 5.75. The molecule has 2 amide bonds. The molecule has 0 aliphatic carbocycles. The molecule has 2 aromatic heterocycles. The average molecular weight is 416 g/mol. The molecule has 7 nitrogen and oxygen atoms in total. The molecule has 1 aliphatic rings. The molecule has 31 heavy (non-hydrogen) atoms. The first-order valence-corrected chi connectivity index (χ1v) is 10.3. The van der Waals surface area contributed by atoms with Crippen LogP contribution in [0.25, 0.3) is 0 Å². The van der Waals surface area contributed by atoms with Crippen LogP contribution in [0.5, 0.6) is 11.6 Å². The van der Waals surface area contributed by atoms with Crippen molar-refractivity contribution in [2.24, 2.45) is 5.92 Å². The molecule has 1 aliphatic heterocycles. The van der Waals surface area contributed by atoms with Crippen LogP contribution in [0.2, 0.25) is 0 Å². The Hall–Kier alpha value is -3.74. The van der Waals surface area contributed by atoms with E-state index in [1.807, 2.05) is 42.5 Å². The fourth-order valence-corrected chi connectivity index (χ4v) is 3.58. The van der Waals surface area contributed by atoms with Gasteiger partial charge in [-0.05, 0) is 48.7 Å². The van der Waals surface area contributed by atoms with Gasteiger partial charge in [-0.3, -0.25) is 14.6 Å². The highest BCUT2D eigenvalue weighted by atomic mass is 16.5. The van der Waals surface area contributed by atoms with Gasteiger partial charge in [0.15, 0.2) is 0 Å². The number of hydrogen-bond acceptors (Lipinski definition) is 5. The SMILES string of the molecule is O=C(NCc1ccnc(Oc2ccccc2)c1)C1CCN(C(=O)c2cccnc2)CC1. The van der Waals surface area contributed by atoms with Crippen LogP contribution in [-0.2, 0) is 11.3 Å². The summed E-state index contributed by atoms with van der Waals surface area (Å²) in [6, 6.07) is 16.6. The third-order valence-electron chi connectivity index (χ3n) is 5.29. The number of rotatable bonds is 6. The molecular weight excluding hydrogens is 392 g/mol. The molecular formula is C24H24N4O3. The number of benzene rings is 1. The van der Waals surface area contributed by atoms with Crippen molar-refractivity contribution >= 4 is 11.8 Å². The van der Waals surface area contributed by atoms with E-state index in [1.165, 1.54) is 0 Å². The molecule has 0 atom stereocenters. The Morgan fingerprint density at radius 2 is 1.84 bits per heavy atom. The lowest BCUT2D eigenvalue weighted by Crippen LogP contribution is -2.42. The first-order valence-electron chi connectivity index (χ1n) is 10.3. The van der Waals surface area contributed by atoms with E-state index in [2.05, 4.69) is 15.3 Å². The topological polar surface area (TPSA) is 84.4 Å². The van der Waals surface area contributed by atoms with Gasteiger partial charge < -0.3 is 15.0 Å². The van der Waals surface area contributed by atoms with Gasteiger partial charge in [-0.25, -0.2) is 4.98 Å². The highest BCUT2D eigenvalue weighted by Crippen LogP contribution is 2.21. The predicted octanol–water partition coefficient (Wildman–Crippen LogP) is 3.44. The number of likely N-dealkylation sites (tertiary alicyclic amines) is 1. The molecule has 0 radical (unpaired) electrons. The van der Waals surface area contributed by atoms with Gasteiger partial charge in [0.05, 0.1) is 5.56 Å². The molecule has 4 rings (SSSR count). The second kappa shape index (κ2) is 9.84. The number of hydrogen-bond donors (Lipinski definition) is 1. The number of carbonyl (C=O) groups is 2. The van der Waals surface area contributed by atoms with Gasteiger partial charge in [0, 0.05) is 50.2 Å². The maximum atomic E-state index is 12.6. The number of para-hydroxylation sites is 1. The molecule has 3 heterocycles. The Labute approximate surface area is 181 Å². The minimum Gasteiger partial charge on any atom is -0.439 e. The van der Waals surface area contributed by atoms with E-state index in [4.69, 9.17) is 4.74 Å². The van der Waals surface area contributed by atoms with E-state index in [0.717, 1.165) is 5.56 Å². The molecule has 7 heteroatoms. The molecule has 158 valence electrons.